The van der Waals surface area contributed by atoms with Gasteiger partial charge in [-0.25, -0.2) is 4.79 Å². The molecule has 26 heavy (non-hydrogen) atoms. The van der Waals surface area contributed by atoms with Crippen molar-refractivity contribution in [2.24, 2.45) is 0 Å². The lowest BCUT2D eigenvalue weighted by molar-refractivity contribution is -0.139. The SMILES string of the molecule is COc1cccc(/C=C/C(=O)OCc2cc(-c3cccs3)on2)c1OC. The van der Waals surface area contributed by atoms with Crippen molar-refractivity contribution in [3.63, 3.8) is 0 Å². The van der Waals surface area contributed by atoms with Crippen molar-refractivity contribution < 1.29 is 23.5 Å². The van der Waals surface area contributed by atoms with Crippen LogP contribution < -0.4 is 9.47 Å². The number of hydrogen-bond donors (Lipinski definition) is 0. The molecule has 0 aliphatic carbocycles. The molecule has 3 rings (SSSR count). The van der Waals surface area contributed by atoms with E-state index in [1.165, 1.54) is 6.08 Å². The maximum Gasteiger partial charge on any atom is 0.331 e. The summed E-state index contributed by atoms with van der Waals surface area (Å²) in [6, 6.07) is 11.0. The van der Waals surface area contributed by atoms with E-state index in [-0.39, 0.29) is 6.61 Å². The summed E-state index contributed by atoms with van der Waals surface area (Å²) in [5, 5.41) is 5.86. The van der Waals surface area contributed by atoms with Gasteiger partial charge in [0.15, 0.2) is 17.3 Å². The van der Waals surface area contributed by atoms with Gasteiger partial charge < -0.3 is 18.7 Å². The highest BCUT2D eigenvalue weighted by atomic mass is 32.1. The number of nitrogens with zero attached hydrogens (tertiary/aromatic N) is 1. The van der Waals surface area contributed by atoms with Crippen molar-refractivity contribution >= 4 is 23.4 Å². The van der Waals surface area contributed by atoms with E-state index in [2.05, 4.69) is 5.16 Å². The summed E-state index contributed by atoms with van der Waals surface area (Å²) in [6.07, 6.45) is 2.95. The third-order valence-electron chi connectivity index (χ3n) is 3.52. The number of hydrogen-bond acceptors (Lipinski definition) is 7. The molecule has 3 aromatic rings. The second kappa shape index (κ2) is 8.35. The van der Waals surface area contributed by atoms with E-state index < -0.39 is 5.97 Å². The summed E-state index contributed by atoms with van der Waals surface area (Å²) < 4.78 is 21.0. The van der Waals surface area contributed by atoms with Gasteiger partial charge in [0.2, 0.25) is 0 Å². The van der Waals surface area contributed by atoms with E-state index in [0.717, 1.165) is 4.88 Å². The molecule has 0 aliphatic heterocycles. The molecule has 0 bridgehead atoms. The maximum atomic E-state index is 11.9. The van der Waals surface area contributed by atoms with Crippen LogP contribution in [0.1, 0.15) is 11.3 Å². The molecule has 0 saturated carbocycles. The topological polar surface area (TPSA) is 70.8 Å². The fourth-order valence-corrected chi connectivity index (χ4v) is 2.98. The van der Waals surface area contributed by atoms with Gasteiger partial charge in [0.05, 0.1) is 19.1 Å². The third kappa shape index (κ3) is 4.12. The van der Waals surface area contributed by atoms with Crippen LogP contribution in [-0.4, -0.2) is 25.3 Å². The largest absolute Gasteiger partial charge is 0.493 e. The molecule has 0 aliphatic rings. The molecule has 0 N–H and O–H groups in total. The maximum absolute atomic E-state index is 11.9. The molecule has 2 heterocycles. The Kier molecular flexibility index (Phi) is 5.70. The van der Waals surface area contributed by atoms with Crippen molar-refractivity contribution in [2.45, 2.75) is 6.61 Å². The first-order valence-electron chi connectivity index (χ1n) is 7.76. The zero-order valence-corrected chi connectivity index (χ0v) is 15.1. The van der Waals surface area contributed by atoms with Crippen LogP contribution in [0.2, 0.25) is 0 Å². The number of esters is 1. The molecule has 2 aromatic heterocycles. The van der Waals surface area contributed by atoms with Crippen LogP contribution in [0.3, 0.4) is 0 Å². The van der Waals surface area contributed by atoms with Gasteiger partial charge in [0.1, 0.15) is 12.3 Å². The zero-order valence-electron chi connectivity index (χ0n) is 14.3. The molecule has 0 amide bonds. The third-order valence-corrected chi connectivity index (χ3v) is 4.40. The van der Waals surface area contributed by atoms with Gasteiger partial charge in [0, 0.05) is 17.7 Å². The molecule has 134 valence electrons. The van der Waals surface area contributed by atoms with Crippen LogP contribution in [0.15, 0.2) is 52.4 Å². The lowest BCUT2D eigenvalue weighted by Crippen LogP contribution is -2.01. The highest BCUT2D eigenvalue weighted by molar-refractivity contribution is 7.13. The number of thiophene rings is 1. The van der Waals surface area contributed by atoms with Crippen molar-refractivity contribution in [3.8, 4) is 22.1 Å². The summed E-state index contributed by atoms with van der Waals surface area (Å²) in [5.74, 6) is 1.31. The van der Waals surface area contributed by atoms with Crippen LogP contribution in [0, 0.1) is 0 Å². The zero-order chi connectivity index (χ0) is 18.4. The van der Waals surface area contributed by atoms with Crippen molar-refractivity contribution in [2.75, 3.05) is 14.2 Å². The van der Waals surface area contributed by atoms with Crippen LogP contribution in [-0.2, 0) is 16.1 Å². The molecule has 1 aromatic carbocycles. The smallest absolute Gasteiger partial charge is 0.331 e. The monoisotopic (exact) mass is 371 g/mol. The number of benzene rings is 1. The van der Waals surface area contributed by atoms with Gasteiger partial charge in [-0.3, -0.25) is 0 Å². The Balaban J connectivity index is 1.60. The molecule has 6 nitrogen and oxygen atoms in total. The number of rotatable bonds is 7. The van der Waals surface area contributed by atoms with Gasteiger partial charge in [-0.15, -0.1) is 11.3 Å². The highest BCUT2D eigenvalue weighted by Gasteiger charge is 2.10. The first-order chi connectivity index (χ1) is 12.7. The summed E-state index contributed by atoms with van der Waals surface area (Å²) in [6.45, 7) is 0.0350. The van der Waals surface area contributed by atoms with Gasteiger partial charge >= 0.3 is 5.97 Å². The number of para-hydroxylation sites is 1. The van der Waals surface area contributed by atoms with Crippen molar-refractivity contribution in [3.05, 3.63) is 59.1 Å². The highest BCUT2D eigenvalue weighted by Crippen LogP contribution is 2.31. The molecule has 0 spiro atoms. The van der Waals surface area contributed by atoms with Crippen LogP contribution >= 0.6 is 11.3 Å². The minimum atomic E-state index is -0.490. The number of ether oxygens (including phenoxy) is 3. The second-order valence-electron chi connectivity index (χ2n) is 5.18. The normalized spacial score (nSPS) is 10.8. The Morgan fingerprint density at radius 3 is 2.85 bits per heavy atom. The molecule has 0 radical (unpaired) electrons. The Labute approximate surface area is 154 Å². The number of carbonyl (C=O) groups excluding carboxylic acids is 1. The molecule has 0 saturated heterocycles. The number of carbonyl (C=O) groups is 1. The Bertz CT molecular complexity index is 899. The minimum Gasteiger partial charge on any atom is -0.493 e. The van der Waals surface area contributed by atoms with Crippen LogP contribution in [0.4, 0.5) is 0 Å². The molecule has 0 unspecified atom stereocenters. The Hall–Kier alpha value is -3.06. The predicted octanol–water partition coefficient (Wildman–Crippen LogP) is 4.18. The van der Waals surface area contributed by atoms with E-state index in [0.29, 0.717) is 28.5 Å². The van der Waals surface area contributed by atoms with E-state index in [1.807, 2.05) is 29.6 Å². The Morgan fingerprint density at radius 2 is 2.12 bits per heavy atom. The average Bonchev–Trinajstić information content (AvgIpc) is 3.35. The molecule has 0 atom stereocenters. The lowest BCUT2D eigenvalue weighted by Gasteiger charge is -2.09. The Morgan fingerprint density at radius 1 is 1.23 bits per heavy atom. The van der Waals surface area contributed by atoms with E-state index in [9.17, 15) is 4.79 Å². The van der Waals surface area contributed by atoms with Gasteiger partial charge in [-0.1, -0.05) is 23.4 Å². The molecule has 0 fully saturated rings. The summed E-state index contributed by atoms with van der Waals surface area (Å²) in [5.41, 5.74) is 1.26. The fourth-order valence-electron chi connectivity index (χ4n) is 2.31. The average molecular weight is 371 g/mol. The molecule has 7 heteroatoms. The summed E-state index contributed by atoms with van der Waals surface area (Å²) >= 11 is 1.55. The lowest BCUT2D eigenvalue weighted by atomic mass is 10.1. The number of aromatic nitrogens is 1. The van der Waals surface area contributed by atoms with Gasteiger partial charge in [-0.05, 0) is 23.6 Å². The first-order valence-corrected chi connectivity index (χ1v) is 8.64. The van der Waals surface area contributed by atoms with Crippen LogP contribution in [0.25, 0.3) is 16.7 Å². The summed E-state index contributed by atoms with van der Waals surface area (Å²) in [4.78, 5) is 12.9. The van der Waals surface area contributed by atoms with E-state index in [4.69, 9.17) is 18.7 Å². The quantitative estimate of drug-likeness (QED) is 0.458. The van der Waals surface area contributed by atoms with Gasteiger partial charge in [0.25, 0.3) is 0 Å². The molecular formula is C19H17NO5S. The van der Waals surface area contributed by atoms with Gasteiger partial charge in [-0.2, -0.15) is 0 Å². The van der Waals surface area contributed by atoms with Crippen LogP contribution in [0.5, 0.6) is 11.5 Å². The van der Waals surface area contributed by atoms with E-state index in [1.54, 1.807) is 43.8 Å². The fraction of sp³-hybridized carbons (Fsp3) is 0.158. The van der Waals surface area contributed by atoms with E-state index >= 15 is 0 Å². The standard InChI is InChI=1S/C19H17NO5S/c1-22-15-6-3-5-13(19(15)23-2)8-9-18(21)24-12-14-11-16(25-20-14)17-7-4-10-26-17/h3-11H,12H2,1-2H3/b9-8+. The number of methoxy groups -OCH3 is 2. The molecular weight excluding hydrogens is 354 g/mol. The van der Waals surface area contributed by atoms with Crippen molar-refractivity contribution in [1.29, 1.82) is 0 Å². The summed E-state index contributed by atoms with van der Waals surface area (Å²) in [7, 11) is 3.10. The minimum absolute atomic E-state index is 0.0350. The predicted molar refractivity (Wildman–Crippen MR) is 98.2 cm³/mol. The second-order valence-corrected chi connectivity index (χ2v) is 6.13. The first kappa shape index (κ1) is 17.8. The van der Waals surface area contributed by atoms with Crippen molar-refractivity contribution in [1.82, 2.24) is 5.16 Å².